The molecule has 0 saturated heterocycles. The van der Waals surface area contributed by atoms with E-state index in [4.69, 9.17) is 4.74 Å². The smallest absolute Gasteiger partial charge is 0.241 e. The summed E-state index contributed by atoms with van der Waals surface area (Å²) in [4.78, 5) is 12.3. The molecule has 1 aliphatic rings. The zero-order valence-electron chi connectivity index (χ0n) is 17.0. The fourth-order valence-corrected chi connectivity index (χ4v) is 4.38. The first-order chi connectivity index (χ1) is 14.8. The minimum absolute atomic E-state index is 0.0428. The predicted molar refractivity (Wildman–Crippen MR) is 113 cm³/mol. The number of benzene rings is 2. The number of nitrogens with one attached hydrogen (secondary N) is 2. The van der Waals surface area contributed by atoms with Gasteiger partial charge < -0.3 is 15.2 Å². The van der Waals surface area contributed by atoms with E-state index in [1.165, 1.54) is 18.2 Å². The molecule has 3 atom stereocenters. The third-order valence-electron chi connectivity index (χ3n) is 4.91. The van der Waals surface area contributed by atoms with Gasteiger partial charge in [0.2, 0.25) is 15.9 Å². The summed E-state index contributed by atoms with van der Waals surface area (Å²) in [7, 11) is -3.81. The largest absolute Gasteiger partial charge is 0.394 e. The van der Waals surface area contributed by atoms with E-state index in [2.05, 4.69) is 10.0 Å². The highest BCUT2D eigenvalue weighted by molar-refractivity contribution is 7.89. The van der Waals surface area contributed by atoms with Crippen molar-refractivity contribution in [2.24, 2.45) is 0 Å². The summed E-state index contributed by atoms with van der Waals surface area (Å²) in [5.74, 6) is -0.756. The minimum atomic E-state index is -3.81. The topological polar surface area (TPSA) is 105 Å². The van der Waals surface area contributed by atoms with Crippen LogP contribution in [0, 0.1) is 12.7 Å². The maximum absolute atomic E-state index is 13.6. The Kier molecular flexibility index (Phi) is 7.55. The van der Waals surface area contributed by atoms with Crippen LogP contribution >= 0.6 is 0 Å². The van der Waals surface area contributed by atoms with Crippen molar-refractivity contribution >= 4 is 15.9 Å². The van der Waals surface area contributed by atoms with Gasteiger partial charge in [0.1, 0.15) is 11.9 Å². The molecule has 1 heterocycles. The Morgan fingerprint density at radius 2 is 1.84 bits per heavy atom. The summed E-state index contributed by atoms with van der Waals surface area (Å²) < 4.78 is 47.1. The predicted octanol–water partition coefficient (Wildman–Crippen LogP) is 1.80. The van der Waals surface area contributed by atoms with Crippen molar-refractivity contribution in [3.05, 3.63) is 77.6 Å². The monoisotopic (exact) mass is 448 g/mol. The summed E-state index contributed by atoms with van der Waals surface area (Å²) in [5, 5.41) is 12.3. The van der Waals surface area contributed by atoms with E-state index in [9.17, 15) is 22.7 Å². The average molecular weight is 449 g/mol. The van der Waals surface area contributed by atoms with Gasteiger partial charge in [-0.15, -0.1) is 0 Å². The van der Waals surface area contributed by atoms with Crippen LogP contribution in [0.15, 0.2) is 65.6 Å². The number of hydrogen-bond acceptors (Lipinski definition) is 5. The number of hydrogen-bond donors (Lipinski definition) is 3. The van der Waals surface area contributed by atoms with Crippen LogP contribution in [0.2, 0.25) is 0 Å². The number of halogens is 1. The van der Waals surface area contributed by atoms with E-state index < -0.39 is 40.7 Å². The van der Waals surface area contributed by atoms with Crippen LogP contribution in [-0.4, -0.2) is 44.3 Å². The maximum atomic E-state index is 13.6. The molecule has 0 saturated carbocycles. The van der Waals surface area contributed by atoms with Crippen LogP contribution in [0.25, 0.3) is 0 Å². The lowest BCUT2D eigenvalue weighted by Gasteiger charge is -2.31. The number of carbonyl (C=O) groups is 1. The molecule has 0 spiro atoms. The zero-order valence-corrected chi connectivity index (χ0v) is 17.8. The Bertz CT molecular complexity index is 1040. The van der Waals surface area contributed by atoms with Crippen molar-refractivity contribution in [3.63, 3.8) is 0 Å². The van der Waals surface area contributed by atoms with Crippen molar-refractivity contribution in [2.45, 2.75) is 43.0 Å². The molecule has 3 rings (SSSR count). The van der Waals surface area contributed by atoms with Gasteiger partial charge in [-0.25, -0.2) is 17.5 Å². The van der Waals surface area contributed by atoms with E-state index in [-0.39, 0.29) is 23.8 Å². The van der Waals surface area contributed by atoms with Gasteiger partial charge in [0.05, 0.1) is 30.1 Å². The minimum Gasteiger partial charge on any atom is -0.394 e. The van der Waals surface area contributed by atoms with E-state index >= 15 is 0 Å². The Morgan fingerprint density at radius 1 is 1.13 bits per heavy atom. The van der Waals surface area contributed by atoms with E-state index in [1.807, 2.05) is 6.92 Å². The summed E-state index contributed by atoms with van der Waals surface area (Å²) in [6.45, 7) is 1.47. The number of ether oxygens (including phenoxy) is 1. The molecular formula is C22H25FN2O5S. The quantitative estimate of drug-likeness (QED) is 0.534. The second-order valence-corrected chi connectivity index (χ2v) is 9.03. The lowest BCUT2D eigenvalue weighted by Crippen LogP contribution is -2.49. The van der Waals surface area contributed by atoms with Crippen LogP contribution < -0.4 is 10.0 Å². The summed E-state index contributed by atoms with van der Waals surface area (Å²) >= 11 is 0. The van der Waals surface area contributed by atoms with Crippen molar-refractivity contribution in [3.8, 4) is 0 Å². The first kappa shape index (κ1) is 23.1. The molecule has 31 heavy (non-hydrogen) atoms. The molecule has 0 aliphatic carbocycles. The molecule has 3 N–H and O–H groups in total. The van der Waals surface area contributed by atoms with Gasteiger partial charge in [0.25, 0.3) is 0 Å². The molecule has 0 fully saturated rings. The molecule has 0 bridgehead atoms. The number of carbonyl (C=O) groups excluding carboxylic acids is 1. The Labute approximate surface area is 181 Å². The number of rotatable bonds is 8. The zero-order chi connectivity index (χ0) is 22.4. The second kappa shape index (κ2) is 10.1. The first-order valence-electron chi connectivity index (χ1n) is 9.82. The highest BCUT2D eigenvalue weighted by Gasteiger charge is 2.31. The second-order valence-electron chi connectivity index (χ2n) is 7.31. The van der Waals surface area contributed by atoms with Gasteiger partial charge in [-0.1, -0.05) is 48.0 Å². The standard InChI is InChI=1S/C22H25FN2O5S/c1-15-6-9-18(10-7-15)31(28,29)25-20-11-8-17(30-21(20)14-26)12-22(27)24-13-16-4-2-3-5-19(16)23/h2-11,17,20-21,25-26H,12-14H2,1H3,(H,24,27)/t17-,20-,21-/m1/s1. The van der Waals surface area contributed by atoms with Gasteiger partial charge in [0, 0.05) is 12.1 Å². The molecule has 1 aliphatic heterocycles. The molecule has 1 amide bonds. The normalized spacial score (nSPS) is 21.1. The van der Waals surface area contributed by atoms with Gasteiger partial charge in [-0.3, -0.25) is 4.79 Å². The fraction of sp³-hybridized carbons (Fsp3) is 0.318. The van der Waals surface area contributed by atoms with E-state index in [0.29, 0.717) is 5.56 Å². The molecule has 2 aromatic rings. The highest BCUT2D eigenvalue weighted by atomic mass is 32.2. The first-order valence-corrected chi connectivity index (χ1v) is 11.3. The molecule has 166 valence electrons. The fourth-order valence-electron chi connectivity index (χ4n) is 3.17. The average Bonchev–Trinajstić information content (AvgIpc) is 2.74. The molecule has 9 heteroatoms. The van der Waals surface area contributed by atoms with Crippen LogP contribution in [0.1, 0.15) is 17.5 Å². The molecule has 2 aromatic carbocycles. The maximum Gasteiger partial charge on any atom is 0.241 e. The highest BCUT2D eigenvalue weighted by Crippen LogP contribution is 2.19. The molecule has 0 unspecified atom stereocenters. The van der Waals surface area contributed by atoms with Gasteiger partial charge >= 0.3 is 0 Å². The Morgan fingerprint density at radius 3 is 2.52 bits per heavy atom. The third-order valence-corrected chi connectivity index (χ3v) is 6.38. The van der Waals surface area contributed by atoms with Crippen LogP contribution in [0.4, 0.5) is 4.39 Å². The van der Waals surface area contributed by atoms with Crippen molar-refractivity contribution in [2.75, 3.05) is 6.61 Å². The SMILES string of the molecule is Cc1ccc(S(=O)(=O)N[C@@H]2C=C[C@H](CC(=O)NCc3ccccc3F)O[C@@H]2CO)cc1. The van der Waals surface area contributed by atoms with Crippen molar-refractivity contribution in [1.82, 2.24) is 10.0 Å². The van der Waals surface area contributed by atoms with E-state index in [1.54, 1.807) is 42.5 Å². The molecule has 0 aromatic heterocycles. The summed E-state index contributed by atoms with van der Waals surface area (Å²) in [6.07, 6.45) is 1.62. The van der Waals surface area contributed by atoms with E-state index in [0.717, 1.165) is 5.56 Å². The van der Waals surface area contributed by atoms with Gasteiger partial charge in [-0.05, 0) is 25.1 Å². The lowest BCUT2D eigenvalue weighted by molar-refractivity contribution is -0.125. The lowest BCUT2D eigenvalue weighted by atomic mass is 10.1. The van der Waals surface area contributed by atoms with Crippen molar-refractivity contribution in [1.29, 1.82) is 0 Å². The Hall–Kier alpha value is -2.59. The Balaban J connectivity index is 1.59. The molecular weight excluding hydrogens is 423 g/mol. The number of aryl methyl sites for hydroxylation is 1. The summed E-state index contributed by atoms with van der Waals surface area (Å²) in [5.41, 5.74) is 1.30. The number of aliphatic hydroxyl groups is 1. The van der Waals surface area contributed by atoms with Crippen LogP contribution in [0.5, 0.6) is 0 Å². The van der Waals surface area contributed by atoms with Crippen LogP contribution in [-0.2, 0) is 26.1 Å². The van der Waals surface area contributed by atoms with Gasteiger partial charge in [-0.2, -0.15) is 0 Å². The molecule has 0 radical (unpaired) electrons. The number of amides is 1. The van der Waals surface area contributed by atoms with Gasteiger partial charge in [0.15, 0.2) is 0 Å². The third kappa shape index (κ3) is 6.20. The van der Waals surface area contributed by atoms with Crippen molar-refractivity contribution < 1.29 is 27.4 Å². The van der Waals surface area contributed by atoms with Crippen LogP contribution in [0.3, 0.4) is 0 Å². The molecule has 7 nitrogen and oxygen atoms in total. The number of sulfonamides is 1. The number of aliphatic hydroxyl groups excluding tert-OH is 1. The summed E-state index contributed by atoms with van der Waals surface area (Å²) in [6, 6.07) is 11.8.